The Morgan fingerprint density at radius 1 is 1.22 bits per heavy atom. The van der Waals surface area contributed by atoms with Crippen molar-refractivity contribution in [3.05, 3.63) is 47.2 Å². The van der Waals surface area contributed by atoms with Gasteiger partial charge in [-0.25, -0.2) is 8.96 Å². The number of pyridine rings is 1. The van der Waals surface area contributed by atoms with Crippen LogP contribution < -0.4 is 56.5 Å². The van der Waals surface area contributed by atoms with Crippen LogP contribution >= 0.6 is 0 Å². The van der Waals surface area contributed by atoms with Crippen LogP contribution in [0.1, 0.15) is 21.5 Å². The number of benzene rings is 1. The van der Waals surface area contributed by atoms with E-state index in [1.54, 1.807) is 32.0 Å². The number of carboxylic acids is 1. The molecule has 27 heavy (non-hydrogen) atoms. The maximum atomic E-state index is 12.9. The van der Waals surface area contributed by atoms with Crippen molar-refractivity contribution in [2.75, 3.05) is 14.1 Å². The first kappa shape index (κ1) is 22.1. The number of aryl methyl sites for hydroxylation is 2. The Labute approximate surface area is 199 Å². The zero-order valence-electron chi connectivity index (χ0n) is 15.7. The average Bonchev–Trinajstić information content (AvgIpc) is 2.96. The van der Waals surface area contributed by atoms with Crippen LogP contribution in [0.15, 0.2) is 30.5 Å². The number of aromatic nitrogens is 3. The zero-order valence-corrected chi connectivity index (χ0v) is 19.7. The number of imidazole rings is 1. The Bertz CT molecular complexity index is 1140. The zero-order chi connectivity index (χ0) is 19.2. The first-order valence-corrected chi connectivity index (χ1v) is 9.13. The van der Waals surface area contributed by atoms with Crippen LogP contribution in [0.3, 0.4) is 0 Å². The minimum atomic E-state index is -3.97. The van der Waals surface area contributed by atoms with Gasteiger partial charge in [-0.2, -0.15) is 12.7 Å². The van der Waals surface area contributed by atoms with Crippen molar-refractivity contribution in [2.24, 2.45) is 0 Å². The van der Waals surface area contributed by atoms with Crippen LogP contribution in [-0.4, -0.2) is 46.7 Å². The molecule has 0 spiro atoms. The number of hydrogen-bond donors (Lipinski definition) is 0. The van der Waals surface area contributed by atoms with E-state index in [-0.39, 0.29) is 68.5 Å². The first-order valence-electron chi connectivity index (χ1n) is 7.74. The van der Waals surface area contributed by atoms with Crippen molar-refractivity contribution in [1.29, 1.82) is 0 Å². The molecular formula is C17H17KN4O4S. The molecule has 0 aliphatic rings. The van der Waals surface area contributed by atoms with Gasteiger partial charge in [-0.1, -0.05) is 12.1 Å². The fraction of sp³-hybridized carbons (Fsp3) is 0.235. The summed E-state index contributed by atoms with van der Waals surface area (Å²) < 4.78 is 27.9. The van der Waals surface area contributed by atoms with Gasteiger partial charge in [0.05, 0.1) is 17.0 Å². The first-order chi connectivity index (χ1) is 12.1. The summed E-state index contributed by atoms with van der Waals surface area (Å²) in [7, 11) is -1.19. The third kappa shape index (κ3) is 3.88. The van der Waals surface area contributed by atoms with Crippen LogP contribution in [0.25, 0.3) is 22.6 Å². The molecule has 0 aliphatic carbocycles. The molecule has 1 aromatic carbocycles. The smallest absolute Gasteiger partial charge is 0.545 e. The van der Waals surface area contributed by atoms with E-state index in [2.05, 4.69) is 9.97 Å². The topological polar surface area (TPSA) is 108 Å². The molecule has 0 amide bonds. The summed E-state index contributed by atoms with van der Waals surface area (Å²) in [6.45, 7) is 3.49. The van der Waals surface area contributed by atoms with E-state index in [9.17, 15) is 18.3 Å². The normalized spacial score (nSPS) is 11.6. The Balaban J connectivity index is 0.00000261. The van der Waals surface area contributed by atoms with Crippen LogP contribution in [0.4, 0.5) is 0 Å². The number of hydrogen-bond acceptors (Lipinski definition) is 6. The number of carbonyl (C=O) groups is 1. The third-order valence-corrected chi connectivity index (χ3v) is 5.75. The average molecular weight is 413 g/mol. The third-order valence-electron chi connectivity index (χ3n) is 3.99. The number of rotatable bonds is 4. The molecule has 0 N–H and O–H groups in total. The molecule has 3 aromatic rings. The number of nitrogens with zero attached hydrogens (tertiary/aromatic N) is 4. The van der Waals surface area contributed by atoms with Crippen LogP contribution in [0, 0.1) is 13.8 Å². The van der Waals surface area contributed by atoms with Gasteiger partial charge in [-0.3, -0.25) is 4.98 Å². The molecule has 2 heterocycles. The van der Waals surface area contributed by atoms with Gasteiger partial charge < -0.3 is 9.90 Å². The van der Waals surface area contributed by atoms with Crippen LogP contribution in [0.2, 0.25) is 0 Å². The fourth-order valence-electron chi connectivity index (χ4n) is 2.67. The Hall–Kier alpha value is -1.14. The number of carboxylic acid groups (broad SMARTS) is 1. The fourth-order valence-corrected chi connectivity index (χ4v) is 3.74. The van der Waals surface area contributed by atoms with Crippen LogP contribution in [-0.2, 0) is 10.2 Å². The van der Waals surface area contributed by atoms with Gasteiger partial charge >= 0.3 is 61.6 Å². The number of carbonyl (C=O) groups excluding carboxylic acids is 1. The molecule has 0 atom stereocenters. The van der Waals surface area contributed by atoms with Crippen molar-refractivity contribution >= 4 is 27.2 Å². The molecule has 0 aliphatic heterocycles. The Morgan fingerprint density at radius 2 is 1.89 bits per heavy atom. The van der Waals surface area contributed by atoms with Crippen molar-refractivity contribution in [3.8, 4) is 11.5 Å². The number of fused-ring (bicyclic) bond motifs is 1. The molecule has 0 saturated carbocycles. The molecule has 0 fully saturated rings. The minimum Gasteiger partial charge on any atom is -0.545 e. The molecule has 8 nitrogen and oxygen atoms in total. The van der Waals surface area contributed by atoms with Gasteiger partial charge in [-0.05, 0) is 37.1 Å². The molecular weight excluding hydrogens is 395 g/mol. The van der Waals surface area contributed by atoms with Crippen LogP contribution in [0.5, 0.6) is 0 Å². The molecule has 10 heteroatoms. The molecule has 0 bridgehead atoms. The second kappa shape index (κ2) is 8.07. The minimum absolute atomic E-state index is 0. The molecule has 136 valence electrons. The maximum Gasteiger partial charge on any atom is 1.00 e. The van der Waals surface area contributed by atoms with Gasteiger partial charge in [0, 0.05) is 25.9 Å². The van der Waals surface area contributed by atoms with Gasteiger partial charge in [0.2, 0.25) is 0 Å². The largest absolute Gasteiger partial charge is 1.00 e. The number of para-hydroxylation sites is 1. The van der Waals surface area contributed by atoms with E-state index in [0.717, 1.165) is 13.8 Å². The quantitative estimate of drug-likeness (QED) is 0.448. The number of aromatic carboxylic acids is 1. The van der Waals surface area contributed by atoms with Crippen molar-refractivity contribution < 1.29 is 69.7 Å². The molecule has 0 unspecified atom stereocenters. The molecule has 0 radical (unpaired) electrons. The summed E-state index contributed by atoms with van der Waals surface area (Å²) in [6.07, 6.45) is 1.46. The summed E-state index contributed by atoms with van der Waals surface area (Å²) in [4.78, 5) is 20.1. The van der Waals surface area contributed by atoms with E-state index < -0.39 is 16.2 Å². The van der Waals surface area contributed by atoms with Crippen molar-refractivity contribution in [1.82, 2.24) is 18.2 Å². The molecule has 0 saturated heterocycles. The summed E-state index contributed by atoms with van der Waals surface area (Å²) in [6, 6.07) is 6.52. The SMILES string of the molecule is Cc1cnc(-c2nc3c(C)cccc3n2S(=O)(=O)N(C)C)c(C(=O)[O-])c1.[K+]. The Morgan fingerprint density at radius 3 is 2.48 bits per heavy atom. The van der Waals surface area contributed by atoms with E-state index >= 15 is 0 Å². The molecule has 2 aromatic heterocycles. The van der Waals surface area contributed by atoms with Gasteiger partial charge in [-0.15, -0.1) is 0 Å². The van der Waals surface area contributed by atoms with Gasteiger partial charge in [0.25, 0.3) is 0 Å². The second-order valence-electron chi connectivity index (χ2n) is 6.13. The summed E-state index contributed by atoms with van der Waals surface area (Å²) in [5, 5.41) is 11.6. The summed E-state index contributed by atoms with van der Waals surface area (Å²) in [5.41, 5.74) is 1.91. The predicted octanol–water partition coefficient (Wildman–Crippen LogP) is -2.26. The second-order valence-corrected chi connectivity index (χ2v) is 8.12. The summed E-state index contributed by atoms with van der Waals surface area (Å²) >= 11 is 0. The van der Waals surface area contributed by atoms with Crippen molar-refractivity contribution in [2.45, 2.75) is 13.8 Å². The van der Waals surface area contributed by atoms with Gasteiger partial charge in [0.15, 0.2) is 5.82 Å². The van der Waals surface area contributed by atoms with E-state index in [1.807, 2.05) is 0 Å². The van der Waals surface area contributed by atoms with E-state index in [0.29, 0.717) is 16.6 Å². The predicted molar refractivity (Wildman–Crippen MR) is 94.8 cm³/mol. The standard InChI is InChI=1S/C17H18N4O4S.K/c1-10-8-12(17(22)23)15(18-9-10)16-19-14-11(2)6-5-7-13(14)21(16)26(24,25)20(3)4;/h5-9H,1-4H3,(H,22,23);/q;+1/p-1. The van der Waals surface area contributed by atoms with Gasteiger partial charge in [0.1, 0.15) is 5.69 Å². The Kier molecular flexibility index (Phi) is 6.62. The maximum absolute atomic E-state index is 12.9. The molecule has 3 rings (SSSR count). The summed E-state index contributed by atoms with van der Waals surface area (Å²) in [5.74, 6) is -1.52. The monoisotopic (exact) mass is 412 g/mol. The van der Waals surface area contributed by atoms with E-state index in [1.165, 1.54) is 26.4 Å². The van der Waals surface area contributed by atoms with E-state index in [4.69, 9.17) is 0 Å². The van der Waals surface area contributed by atoms with Crippen molar-refractivity contribution in [3.63, 3.8) is 0 Å².